The molecule has 1 aliphatic carbocycles. The van der Waals surface area contributed by atoms with Gasteiger partial charge in [0.1, 0.15) is 11.6 Å². The van der Waals surface area contributed by atoms with E-state index < -0.39 is 5.97 Å². The van der Waals surface area contributed by atoms with Crippen LogP contribution in [0.15, 0.2) is 23.8 Å². The molecule has 0 atom stereocenters. The van der Waals surface area contributed by atoms with Crippen molar-refractivity contribution in [1.82, 2.24) is 0 Å². The highest BCUT2D eigenvalue weighted by atomic mass is 16.5. The number of anilines is 1. The van der Waals surface area contributed by atoms with Crippen molar-refractivity contribution in [2.75, 3.05) is 11.9 Å². The Morgan fingerprint density at radius 3 is 2.77 bits per heavy atom. The van der Waals surface area contributed by atoms with Crippen molar-refractivity contribution < 1.29 is 9.53 Å². The molecule has 116 valence electrons. The van der Waals surface area contributed by atoms with E-state index in [2.05, 4.69) is 11.4 Å². The van der Waals surface area contributed by atoms with Crippen LogP contribution < -0.4 is 5.32 Å². The molecular formula is C18H22N2O2. The molecule has 0 spiro atoms. The van der Waals surface area contributed by atoms with E-state index >= 15 is 0 Å². The number of carbonyl (C=O) groups excluding carboxylic acids is 1. The number of esters is 1. The summed E-state index contributed by atoms with van der Waals surface area (Å²) >= 11 is 0. The van der Waals surface area contributed by atoms with Crippen LogP contribution in [-0.4, -0.2) is 18.6 Å². The minimum atomic E-state index is -0.572. The zero-order chi connectivity index (χ0) is 15.9. The van der Waals surface area contributed by atoms with Crippen molar-refractivity contribution in [2.45, 2.75) is 45.6 Å². The topological polar surface area (TPSA) is 62.1 Å². The van der Waals surface area contributed by atoms with E-state index in [1.807, 2.05) is 25.1 Å². The van der Waals surface area contributed by atoms with Gasteiger partial charge in [0.05, 0.1) is 6.61 Å². The summed E-state index contributed by atoms with van der Waals surface area (Å²) in [6.45, 7) is 3.97. The monoisotopic (exact) mass is 298 g/mol. The molecule has 1 N–H and O–H groups in total. The van der Waals surface area contributed by atoms with Crippen LogP contribution in [0.3, 0.4) is 0 Å². The van der Waals surface area contributed by atoms with Crippen molar-refractivity contribution in [2.24, 2.45) is 0 Å². The highest BCUT2D eigenvalue weighted by molar-refractivity contribution is 5.98. The van der Waals surface area contributed by atoms with Gasteiger partial charge in [-0.15, -0.1) is 0 Å². The minimum Gasteiger partial charge on any atom is -0.462 e. The number of hydrogen-bond acceptors (Lipinski definition) is 4. The second kappa shape index (κ2) is 7.65. The average molecular weight is 298 g/mol. The third-order valence-electron chi connectivity index (χ3n) is 3.91. The zero-order valence-electron chi connectivity index (χ0n) is 13.2. The quantitative estimate of drug-likeness (QED) is 0.510. The molecule has 0 aliphatic heterocycles. The van der Waals surface area contributed by atoms with Gasteiger partial charge in [-0.1, -0.05) is 18.9 Å². The van der Waals surface area contributed by atoms with Crippen LogP contribution in [0.5, 0.6) is 0 Å². The fraction of sp³-hybridized carbons (Fsp3) is 0.444. The Morgan fingerprint density at radius 2 is 2.18 bits per heavy atom. The fourth-order valence-corrected chi connectivity index (χ4v) is 2.73. The van der Waals surface area contributed by atoms with Gasteiger partial charge in [0.25, 0.3) is 0 Å². The van der Waals surface area contributed by atoms with Crippen molar-refractivity contribution in [1.29, 1.82) is 5.26 Å². The number of carbonyl (C=O) groups is 1. The summed E-state index contributed by atoms with van der Waals surface area (Å²) < 4.78 is 4.88. The van der Waals surface area contributed by atoms with Gasteiger partial charge in [0.15, 0.2) is 0 Å². The average Bonchev–Trinajstić information content (AvgIpc) is 2.99. The van der Waals surface area contributed by atoms with Gasteiger partial charge in [-0.05, 0) is 56.0 Å². The van der Waals surface area contributed by atoms with Gasteiger partial charge < -0.3 is 10.1 Å². The molecule has 0 heterocycles. The van der Waals surface area contributed by atoms with E-state index in [-0.39, 0.29) is 12.2 Å². The lowest BCUT2D eigenvalue weighted by Crippen LogP contribution is -2.14. The van der Waals surface area contributed by atoms with Crippen molar-refractivity contribution in [3.05, 3.63) is 34.9 Å². The first-order valence-corrected chi connectivity index (χ1v) is 7.80. The predicted molar refractivity (Wildman–Crippen MR) is 87.3 cm³/mol. The van der Waals surface area contributed by atoms with E-state index in [9.17, 15) is 4.79 Å². The summed E-state index contributed by atoms with van der Waals surface area (Å²) in [5.74, 6) is -0.572. The Kier molecular flexibility index (Phi) is 5.60. The van der Waals surface area contributed by atoms with Crippen LogP contribution in [0.1, 0.15) is 43.7 Å². The largest absolute Gasteiger partial charge is 0.462 e. The smallest absolute Gasteiger partial charge is 0.348 e. The van der Waals surface area contributed by atoms with E-state index in [1.165, 1.54) is 25.7 Å². The standard InChI is InChI=1S/C18H22N2O2/c1-3-22-18(21)15(12-19)11-14-8-9-17(10-13(14)2)20-16-6-4-5-7-16/h8-11,16,20H,3-7H2,1-2H3. The van der Waals surface area contributed by atoms with E-state index in [0.29, 0.717) is 6.04 Å². The summed E-state index contributed by atoms with van der Waals surface area (Å²) in [5, 5.41) is 12.6. The molecular weight excluding hydrogens is 276 g/mol. The first-order valence-electron chi connectivity index (χ1n) is 7.80. The van der Waals surface area contributed by atoms with Crippen molar-refractivity contribution in [3.63, 3.8) is 0 Å². The molecule has 1 aromatic rings. The Labute approximate surface area is 131 Å². The molecule has 0 radical (unpaired) electrons. The van der Waals surface area contributed by atoms with Gasteiger partial charge in [-0.2, -0.15) is 5.26 Å². The number of rotatable bonds is 5. The van der Waals surface area contributed by atoms with Gasteiger partial charge >= 0.3 is 5.97 Å². The summed E-state index contributed by atoms with van der Waals surface area (Å²) in [6.07, 6.45) is 6.63. The van der Waals surface area contributed by atoms with Crippen molar-refractivity contribution >= 4 is 17.7 Å². The number of benzene rings is 1. The maximum absolute atomic E-state index is 11.7. The molecule has 4 heteroatoms. The number of hydrogen-bond donors (Lipinski definition) is 1. The Bertz CT molecular complexity index is 608. The second-order valence-corrected chi connectivity index (χ2v) is 5.59. The third-order valence-corrected chi connectivity index (χ3v) is 3.91. The molecule has 1 aromatic carbocycles. The molecule has 1 fully saturated rings. The number of nitrogens with one attached hydrogen (secondary N) is 1. The highest BCUT2D eigenvalue weighted by Gasteiger charge is 2.15. The minimum absolute atomic E-state index is 0.0291. The summed E-state index contributed by atoms with van der Waals surface area (Å²) in [5.41, 5.74) is 3.01. The molecule has 1 saturated carbocycles. The maximum Gasteiger partial charge on any atom is 0.348 e. The molecule has 0 saturated heterocycles. The Balaban J connectivity index is 2.14. The normalized spacial score (nSPS) is 15.4. The molecule has 0 unspecified atom stereocenters. The van der Waals surface area contributed by atoms with E-state index in [4.69, 9.17) is 10.00 Å². The Morgan fingerprint density at radius 1 is 1.45 bits per heavy atom. The summed E-state index contributed by atoms with van der Waals surface area (Å²) in [7, 11) is 0. The van der Waals surface area contributed by atoms with Crippen LogP contribution in [0.2, 0.25) is 0 Å². The fourth-order valence-electron chi connectivity index (χ4n) is 2.73. The molecule has 0 aromatic heterocycles. The summed E-state index contributed by atoms with van der Waals surface area (Å²) in [4.78, 5) is 11.7. The molecule has 4 nitrogen and oxygen atoms in total. The van der Waals surface area contributed by atoms with Crippen LogP contribution in [0, 0.1) is 18.3 Å². The van der Waals surface area contributed by atoms with Gasteiger partial charge in [0.2, 0.25) is 0 Å². The lowest BCUT2D eigenvalue weighted by Gasteiger charge is -2.14. The second-order valence-electron chi connectivity index (χ2n) is 5.59. The van der Waals surface area contributed by atoms with Gasteiger partial charge in [-0.25, -0.2) is 4.79 Å². The van der Waals surface area contributed by atoms with Crippen molar-refractivity contribution in [3.8, 4) is 6.07 Å². The molecule has 2 rings (SSSR count). The number of ether oxygens (including phenoxy) is 1. The van der Waals surface area contributed by atoms with Crippen LogP contribution >= 0.6 is 0 Å². The number of aryl methyl sites for hydroxylation is 1. The predicted octanol–water partition coefficient (Wildman–Crippen LogP) is 3.82. The molecule has 0 bridgehead atoms. The SMILES string of the molecule is CCOC(=O)C(C#N)=Cc1ccc(NC2CCCC2)cc1C. The number of nitrogens with zero attached hydrogens (tertiary/aromatic N) is 1. The molecule has 1 aliphatic rings. The van der Waals surface area contributed by atoms with E-state index in [0.717, 1.165) is 16.8 Å². The van der Waals surface area contributed by atoms with E-state index in [1.54, 1.807) is 13.0 Å². The van der Waals surface area contributed by atoms with Crippen LogP contribution in [-0.2, 0) is 9.53 Å². The zero-order valence-corrected chi connectivity index (χ0v) is 13.2. The van der Waals surface area contributed by atoms with Crippen LogP contribution in [0.25, 0.3) is 6.08 Å². The molecule has 22 heavy (non-hydrogen) atoms. The third kappa shape index (κ3) is 4.11. The Hall–Kier alpha value is -2.28. The van der Waals surface area contributed by atoms with Crippen LogP contribution in [0.4, 0.5) is 5.69 Å². The van der Waals surface area contributed by atoms with Gasteiger partial charge in [0, 0.05) is 11.7 Å². The lowest BCUT2D eigenvalue weighted by molar-refractivity contribution is -0.137. The first-order chi connectivity index (χ1) is 10.6. The summed E-state index contributed by atoms with van der Waals surface area (Å²) in [6, 6.07) is 8.46. The molecule has 0 amide bonds. The highest BCUT2D eigenvalue weighted by Crippen LogP contribution is 2.24. The maximum atomic E-state index is 11.7. The lowest BCUT2D eigenvalue weighted by atomic mass is 10.0. The first kappa shape index (κ1) is 16.1. The van der Waals surface area contributed by atoms with Gasteiger partial charge in [-0.3, -0.25) is 0 Å². The number of nitriles is 1.